The van der Waals surface area contributed by atoms with Crippen molar-refractivity contribution in [2.45, 2.75) is 183 Å². The molecule has 21 aliphatic rings. The summed E-state index contributed by atoms with van der Waals surface area (Å²) in [6.07, 6.45) is 96.4. The molecule has 18 atom stereocenters. The smallest absolute Gasteiger partial charge is 0.235 e. The van der Waals surface area contributed by atoms with Crippen LogP contribution in [0.3, 0.4) is 0 Å². The summed E-state index contributed by atoms with van der Waals surface area (Å²) >= 11 is 0. The standard InChI is InChI=1S/C13H14O.C12H10O.C11H10O.C11H10.C10H8O.C10H12.C9H9NO3.C8H14.C8H12.C8H8.C4H6/c1-8-3-6-11(14-2)13-10-5-4-9(7-10)12(8)13;1-7-2-5-10(13)12-9-4-3-8(6-9)11(7)12;1-7-2-3-8-9(6-7)11-5-4-10(8)12-11;1-2-4-11-9-6-5-8(7-9)10(11)3-1;1-2-4-8-7(3-1)9-5-6-10(8)11-9;1-2-9-7-4-5-8(6-7)10(9)3-1;1-10-8(11)6-4-2-3-5(13-4)7(6)9(10)12;3*1-2-4-6-8-7-5-3-1;1-2-4-3-1/h3-6,9-10H,7H2,1-2H3;2-5,8-9H,1,6H2;2-6,10-11H,1H3;1-6,8-9H,7H2;1-6,9-10H;1-2,4-5,7-10H,3,6H2;2-7H,1H3;1-2H,3-8H2;1-2,7-8H,3-6H2;1-8H;1-2H,3-4H2/b;;;;;;;;2-1-,8-7?;2-1-,3-1?,4-2?,5-3-,6-4?,7-5?,8-6?,8-7?;. The molecule has 14 aliphatic carbocycles. The maximum atomic E-state index is 11.6. The Balaban J connectivity index is 0.0000000984. The molecule has 0 aromatic heterocycles. The summed E-state index contributed by atoms with van der Waals surface area (Å²) in [5.41, 5.74) is 17.5. The van der Waals surface area contributed by atoms with Crippen molar-refractivity contribution in [1.29, 1.82) is 0 Å². The third kappa shape index (κ3) is 17.5. The van der Waals surface area contributed by atoms with Crippen molar-refractivity contribution in [3.05, 3.63) is 364 Å². The van der Waals surface area contributed by atoms with E-state index in [-0.39, 0.29) is 66.1 Å². The van der Waals surface area contributed by atoms with Crippen molar-refractivity contribution >= 4 is 17.6 Å². The lowest BCUT2D eigenvalue weighted by Gasteiger charge is -2.18. The van der Waals surface area contributed by atoms with E-state index in [1.807, 2.05) is 66.8 Å². The lowest BCUT2D eigenvalue weighted by molar-refractivity contribution is -0.140. The highest BCUT2D eigenvalue weighted by atomic mass is 16.5. The van der Waals surface area contributed by atoms with Gasteiger partial charge in [-0.2, -0.15) is 0 Å². The van der Waals surface area contributed by atoms with Gasteiger partial charge < -0.3 is 18.9 Å². The molecule has 4 aromatic rings. The average molecular weight is 1490 g/mol. The maximum absolute atomic E-state index is 11.6. The third-order valence-corrected chi connectivity index (χ3v) is 25.7. The minimum atomic E-state index is -0.243. The molecule has 576 valence electrons. The van der Waals surface area contributed by atoms with Gasteiger partial charge in [0.25, 0.3) is 0 Å². The lowest BCUT2D eigenvalue weighted by Crippen LogP contribution is -2.30. The molecule has 7 heterocycles. The summed E-state index contributed by atoms with van der Waals surface area (Å²) in [4.78, 5) is 36.0. The zero-order chi connectivity index (χ0) is 76.9. The van der Waals surface area contributed by atoms with Crippen molar-refractivity contribution in [3.8, 4) is 5.75 Å². The van der Waals surface area contributed by atoms with Gasteiger partial charge in [0, 0.05) is 53.7 Å². The number of nitrogens with zero attached hydrogens (tertiary/aromatic N) is 1. The zero-order valence-corrected chi connectivity index (χ0v) is 66.1. The second-order valence-electron chi connectivity index (χ2n) is 32.8. The van der Waals surface area contributed by atoms with Crippen molar-refractivity contribution in [2.75, 3.05) is 14.2 Å². The van der Waals surface area contributed by atoms with Crippen LogP contribution < -0.4 is 4.74 Å². The number of amides is 2. The molecule has 0 spiro atoms. The fourth-order valence-corrected chi connectivity index (χ4v) is 19.8. The van der Waals surface area contributed by atoms with Crippen LogP contribution in [0.1, 0.15) is 213 Å². The highest BCUT2D eigenvalue weighted by Crippen LogP contribution is 2.55. The van der Waals surface area contributed by atoms with Crippen molar-refractivity contribution < 1.29 is 33.3 Å². The Hall–Kier alpha value is -9.57. The van der Waals surface area contributed by atoms with E-state index in [9.17, 15) is 14.4 Å². The van der Waals surface area contributed by atoms with Gasteiger partial charge in [-0.15, -0.1) is 0 Å². The minimum Gasteiger partial charge on any atom is -0.496 e. The van der Waals surface area contributed by atoms with Crippen LogP contribution in [0.5, 0.6) is 5.75 Å². The SMILES string of the molecule is C1=C/C=C\C=C/C=C1.C1=CC2C3C=CC(C3)C2C1.C1=CC2CC1c1ccccc12.C1=CC2OC1c1ccccc12.C1=CCC/C=C\CC1.C1=CCC1.C1=CCCCCCC1.C=C1C=CC(=O)C2=C1C1C=CC2C1.CN1C(=O)C2C3C=CC(O3)C2C1=O.COc1ccc(C)c2c1C1C=CC2C1.Cc1ccc2c(c1)C1C=CC2O1. The van der Waals surface area contributed by atoms with Crippen molar-refractivity contribution in [3.63, 3.8) is 0 Å². The van der Waals surface area contributed by atoms with Crippen LogP contribution in [0.4, 0.5) is 0 Å². The van der Waals surface area contributed by atoms with Crippen molar-refractivity contribution in [2.24, 2.45) is 47.3 Å². The molecule has 0 N–H and O–H groups in total. The van der Waals surface area contributed by atoms with Crippen LogP contribution >= 0.6 is 0 Å². The van der Waals surface area contributed by atoms with Crippen LogP contribution in [-0.2, 0) is 28.6 Å². The summed E-state index contributed by atoms with van der Waals surface area (Å²) in [6, 6.07) is 28.1. The van der Waals surface area contributed by atoms with Crippen LogP contribution in [0.15, 0.2) is 309 Å². The maximum Gasteiger partial charge on any atom is 0.235 e. The monoisotopic (exact) mass is 1490 g/mol. The van der Waals surface area contributed by atoms with Gasteiger partial charge in [-0.3, -0.25) is 19.3 Å². The van der Waals surface area contributed by atoms with E-state index in [4.69, 9.17) is 18.9 Å². The highest BCUT2D eigenvalue weighted by Gasteiger charge is 2.60. The Kier molecular flexibility index (Phi) is 25.6. The first-order chi connectivity index (χ1) is 55.0. The van der Waals surface area contributed by atoms with Gasteiger partial charge in [-0.25, -0.2) is 0 Å². The second kappa shape index (κ2) is 36.9. The lowest BCUT2D eigenvalue weighted by atomic mass is 9.85. The number of ketones is 1. The first-order valence-electron chi connectivity index (χ1n) is 42.1. The molecule has 25 rings (SSSR count). The molecule has 3 fully saturated rings. The summed E-state index contributed by atoms with van der Waals surface area (Å²) in [5.74, 6) is 8.04. The van der Waals surface area contributed by atoms with Crippen molar-refractivity contribution in [1.82, 2.24) is 4.90 Å². The number of rotatable bonds is 1. The summed E-state index contributed by atoms with van der Waals surface area (Å²) in [6.45, 7) is 8.30. The predicted octanol–water partition coefficient (Wildman–Crippen LogP) is 24.3. The molecule has 2 saturated heterocycles. The number of carbonyl (C=O) groups excluding carboxylic acids is 3. The highest BCUT2D eigenvalue weighted by molar-refractivity contribution is 6.09. The fraction of sp³-hybridized carbons (Fsp3) is 0.375. The van der Waals surface area contributed by atoms with Gasteiger partial charge in [0.2, 0.25) is 11.8 Å². The zero-order valence-electron chi connectivity index (χ0n) is 66.1. The number of fused-ring (bicyclic) bond motifs is 34. The Labute approximate surface area is 666 Å². The Bertz CT molecular complexity index is 4410. The normalized spacial score (nSPS) is 32.6. The first kappa shape index (κ1) is 77.7. The third-order valence-electron chi connectivity index (χ3n) is 25.7. The van der Waals surface area contributed by atoms with E-state index in [2.05, 4.69) is 233 Å². The van der Waals surface area contributed by atoms with Crippen LogP contribution in [0.2, 0.25) is 0 Å². The van der Waals surface area contributed by atoms with E-state index in [1.54, 1.807) is 31.4 Å². The molecule has 2 amide bonds. The van der Waals surface area contributed by atoms with Gasteiger partial charge >= 0.3 is 0 Å². The van der Waals surface area contributed by atoms with Gasteiger partial charge in [0.15, 0.2) is 5.78 Å². The second-order valence-corrected chi connectivity index (χ2v) is 32.8. The first-order valence-corrected chi connectivity index (χ1v) is 42.1. The summed E-state index contributed by atoms with van der Waals surface area (Å²) in [5, 5.41) is 0. The molecule has 7 aliphatic heterocycles. The largest absolute Gasteiger partial charge is 0.496 e. The average Bonchev–Trinajstić information content (AvgIpc) is 1.59. The van der Waals surface area contributed by atoms with Gasteiger partial charge in [0.1, 0.15) is 30.2 Å². The predicted molar refractivity (Wildman–Crippen MR) is 455 cm³/mol. The Morgan fingerprint density at radius 2 is 0.857 bits per heavy atom. The number of hydrogen-bond donors (Lipinski definition) is 0. The van der Waals surface area contributed by atoms with Gasteiger partial charge in [-0.1, -0.05) is 298 Å². The summed E-state index contributed by atoms with van der Waals surface area (Å²) in [7, 11) is 3.31. The van der Waals surface area contributed by atoms with E-state index < -0.39 is 0 Å². The number of benzene rings is 4. The Morgan fingerprint density at radius 3 is 1.38 bits per heavy atom. The molecular formula is C104H113NO7. The van der Waals surface area contributed by atoms with E-state index in [0.717, 1.165) is 58.8 Å². The van der Waals surface area contributed by atoms with Crippen LogP contribution in [0.25, 0.3) is 0 Å². The van der Waals surface area contributed by atoms with Gasteiger partial charge in [0.05, 0.1) is 31.2 Å². The van der Waals surface area contributed by atoms with E-state index >= 15 is 0 Å². The molecule has 0 radical (unpaired) electrons. The Morgan fingerprint density at radius 1 is 0.402 bits per heavy atom. The number of imide groups is 1. The number of ether oxygens (including phenoxy) is 4. The molecule has 14 bridgehead atoms. The number of aryl methyl sites for hydroxylation is 2. The number of likely N-dealkylation sites (tertiary alicyclic amines) is 1. The van der Waals surface area contributed by atoms with E-state index in [0.29, 0.717) is 23.7 Å². The molecule has 8 heteroatoms. The molecule has 1 saturated carbocycles. The number of allylic oxidation sites excluding steroid dienone is 31. The molecule has 18 unspecified atom stereocenters. The van der Waals surface area contributed by atoms with E-state index in [1.165, 1.54) is 158 Å². The fourth-order valence-electron chi connectivity index (χ4n) is 19.8. The molecule has 8 nitrogen and oxygen atoms in total. The minimum absolute atomic E-state index is 0.0909. The topological polar surface area (TPSA) is 91.4 Å². The molecule has 112 heavy (non-hydrogen) atoms. The van der Waals surface area contributed by atoms with Crippen LogP contribution in [-0.4, -0.2) is 48.9 Å². The number of hydrogen-bond acceptors (Lipinski definition) is 7. The molecular weight excluding hydrogens is 1380 g/mol. The molecule has 4 aromatic carbocycles. The van der Waals surface area contributed by atoms with Gasteiger partial charge in [-0.05, 0) is 202 Å². The summed E-state index contributed by atoms with van der Waals surface area (Å²) < 4.78 is 22.2. The van der Waals surface area contributed by atoms with Crippen LogP contribution in [0, 0.1) is 61.2 Å². The quantitative estimate of drug-likeness (QED) is 0.138. The number of methoxy groups -OCH3 is 1. The number of carbonyl (C=O) groups is 3.